The number of thiophene rings is 1. The van der Waals surface area contributed by atoms with Crippen molar-refractivity contribution in [2.24, 2.45) is 0 Å². The van der Waals surface area contributed by atoms with Crippen molar-refractivity contribution in [1.82, 2.24) is 10.2 Å². The molecular weight excluding hydrogens is 496 g/mol. The molecule has 0 saturated carbocycles. The van der Waals surface area contributed by atoms with Crippen molar-refractivity contribution in [3.63, 3.8) is 0 Å². The number of anilines is 2. The third kappa shape index (κ3) is 5.61. The zero-order chi connectivity index (χ0) is 25.9. The molecule has 4 rings (SSSR count). The molecule has 2 aromatic carbocycles. The zero-order valence-electron chi connectivity index (χ0n) is 20.5. The average Bonchev–Trinajstić information content (AvgIpc) is 3.40. The van der Waals surface area contributed by atoms with Crippen LogP contribution in [-0.4, -0.2) is 52.3 Å². The number of likely N-dealkylation sites (N-methyl/N-ethyl adjacent to an activating group) is 1. The number of sulfonamides is 1. The summed E-state index contributed by atoms with van der Waals surface area (Å²) in [4.78, 5) is 27.2. The van der Waals surface area contributed by atoms with Crippen LogP contribution in [0.25, 0.3) is 0 Å². The lowest BCUT2D eigenvalue weighted by molar-refractivity contribution is -0.136. The summed E-state index contributed by atoms with van der Waals surface area (Å²) in [5.41, 5.74) is 3.96. The Balaban J connectivity index is 1.45. The Kier molecular flexibility index (Phi) is 7.77. The van der Waals surface area contributed by atoms with E-state index in [-0.39, 0.29) is 16.8 Å². The number of benzene rings is 2. The minimum absolute atomic E-state index is 0.0953. The summed E-state index contributed by atoms with van der Waals surface area (Å²) < 4.78 is 28.0. The molecule has 1 unspecified atom stereocenters. The van der Waals surface area contributed by atoms with E-state index in [9.17, 15) is 18.0 Å². The number of carbonyl (C=O) groups excluding carboxylic acids is 2. The largest absolute Gasteiger partial charge is 0.346 e. The Labute approximate surface area is 216 Å². The van der Waals surface area contributed by atoms with Gasteiger partial charge < -0.3 is 15.5 Å². The van der Waals surface area contributed by atoms with Gasteiger partial charge in [0.15, 0.2) is 0 Å². The van der Waals surface area contributed by atoms with E-state index in [1.54, 1.807) is 35.7 Å². The van der Waals surface area contributed by atoms with Gasteiger partial charge in [-0.25, -0.2) is 8.42 Å². The molecule has 0 spiro atoms. The predicted octanol–water partition coefficient (Wildman–Crippen LogP) is 3.56. The van der Waals surface area contributed by atoms with Gasteiger partial charge in [-0.1, -0.05) is 42.0 Å². The Morgan fingerprint density at radius 2 is 1.83 bits per heavy atom. The average molecular weight is 527 g/mol. The summed E-state index contributed by atoms with van der Waals surface area (Å²) in [6.07, 6.45) is 1.45. The molecule has 1 aliphatic heterocycles. The number of hydrogen-bond donors (Lipinski definition) is 2. The van der Waals surface area contributed by atoms with E-state index in [2.05, 4.69) is 10.6 Å². The van der Waals surface area contributed by atoms with Gasteiger partial charge >= 0.3 is 11.8 Å². The van der Waals surface area contributed by atoms with Crippen LogP contribution in [0.2, 0.25) is 0 Å². The van der Waals surface area contributed by atoms with Crippen LogP contribution in [0.5, 0.6) is 0 Å². The maximum absolute atomic E-state index is 13.2. The molecule has 2 amide bonds. The molecule has 0 fully saturated rings. The van der Waals surface area contributed by atoms with E-state index in [1.165, 1.54) is 15.6 Å². The summed E-state index contributed by atoms with van der Waals surface area (Å²) >= 11 is 1.17. The second kappa shape index (κ2) is 10.8. The Hall–Kier alpha value is -3.21. The van der Waals surface area contributed by atoms with Crippen LogP contribution in [0.3, 0.4) is 0 Å². The Morgan fingerprint density at radius 1 is 1.08 bits per heavy atom. The van der Waals surface area contributed by atoms with Crippen LogP contribution in [0, 0.1) is 6.92 Å². The predicted molar refractivity (Wildman–Crippen MR) is 143 cm³/mol. The first kappa shape index (κ1) is 25.9. The van der Waals surface area contributed by atoms with Crippen LogP contribution >= 0.6 is 11.3 Å². The second-order valence-electron chi connectivity index (χ2n) is 9.01. The first-order valence-corrected chi connectivity index (χ1v) is 14.0. The molecule has 190 valence electrons. The lowest BCUT2D eigenvalue weighted by atomic mass is 10.0. The maximum atomic E-state index is 13.2. The zero-order valence-corrected chi connectivity index (χ0v) is 22.2. The highest BCUT2D eigenvalue weighted by atomic mass is 32.2. The smallest absolute Gasteiger partial charge is 0.313 e. The highest BCUT2D eigenvalue weighted by molar-refractivity contribution is 7.94. The number of nitrogens with one attached hydrogen (secondary N) is 2. The summed E-state index contributed by atoms with van der Waals surface area (Å²) in [5.74, 6) is -1.56. The molecule has 36 heavy (non-hydrogen) atoms. The molecular formula is C26H30N4O4S2. The van der Waals surface area contributed by atoms with Gasteiger partial charge in [-0.2, -0.15) is 0 Å². The maximum Gasteiger partial charge on any atom is 0.313 e. The van der Waals surface area contributed by atoms with Gasteiger partial charge in [0.05, 0.1) is 11.7 Å². The van der Waals surface area contributed by atoms with Crippen molar-refractivity contribution in [3.8, 4) is 0 Å². The first-order chi connectivity index (χ1) is 17.2. The Morgan fingerprint density at radius 3 is 2.50 bits per heavy atom. The van der Waals surface area contributed by atoms with E-state index in [0.717, 1.165) is 23.1 Å². The molecule has 1 aliphatic rings. The van der Waals surface area contributed by atoms with Gasteiger partial charge in [0, 0.05) is 18.8 Å². The van der Waals surface area contributed by atoms with E-state index < -0.39 is 21.8 Å². The van der Waals surface area contributed by atoms with Crippen LogP contribution in [0.15, 0.2) is 64.2 Å². The summed E-state index contributed by atoms with van der Waals surface area (Å²) in [5, 5.41) is 7.06. The minimum Gasteiger partial charge on any atom is -0.346 e. The highest BCUT2D eigenvalue weighted by Gasteiger charge is 2.30. The summed E-state index contributed by atoms with van der Waals surface area (Å²) in [7, 11) is 0.139. The lowest BCUT2D eigenvalue weighted by Gasteiger charge is -2.30. The van der Waals surface area contributed by atoms with Gasteiger partial charge in [0.2, 0.25) is 0 Å². The molecule has 2 N–H and O–H groups in total. The van der Waals surface area contributed by atoms with Gasteiger partial charge in [-0.05, 0) is 68.6 Å². The number of aryl methyl sites for hydroxylation is 2. The lowest BCUT2D eigenvalue weighted by Crippen LogP contribution is -2.40. The molecule has 0 aliphatic carbocycles. The minimum atomic E-state index is -3.69. The standard InChI is InChI=1S/C26H30N4O4S2/c1-18-8-10-20(11-9-18)23(29(2)3)17-27-25(31)26(32)28-21-13-12-19-6-4-14-30(22(19)16-21)36(33,34)24-7-5-15-35-24/h5,7-13,15-16,23H,4,6,14,17H2,1-3H3,(H,27,31)(H,28,32). The number of amides is 2. The van der Waals surface area contributed by atoms with Gasteiger partial charge in [0.1, 0.15) is 4.21 Å². The van der Waals surface area contributed by atoms with E-state index in [0.29, 0.717) is 24.3 Å². The molecule has 8 nitrogen and oxygen atoms in total. The van der Waals surface area contributed by atoms with Crippen molar-refractivity contribution in [3.05, 3.63) is 76.7 Å². The van der Waals surface area contributed by atoms with Crippen LogP contribution < -0.4 is 14.9 Å². The van der Waals surface area contributed by atoms with Crippen LogP contribution in [0.4, 0.5) is 11.4 Å². The van der Waals surface area contributed by atoms with Crippen molar-refractivity contribution in [2.75, 3.05) is 36.8 Å². The molecule has 10 heteroatoms. The number of carbonyl (C=O) groups is 2. The molecule has 2 heterocycles. The summed E-state index contributed by atoms with van der Waals surface area (Å²) in [6.45, 7) is 2.63. The van der Waals surface area contributed by atoms with Crippen LogP contribution in [0.1, 0.15) is 29.2 Å². The Bertz CT molecular complexity index is 1340. The number of fused-ring (bicyclic) bond motifs is 1. The highest BCUT2D eigenvalue weighted by Crippen LogP contribution is 2.35. The third-order valence-electron chi connectivity index (χ3n) is 6.21. The fraction of sp³-hybridized carbons (Fsp3) is 0.308. The monoisotopic (exact) mass is 526 g/mol. The van der Waals surface area contributed by atoms with Gasteiger partial charge in [-0.3, -0.25) is 13.9 Å². The third-order valence-corrected chi connectivity index (χ3v) is 9.39. The topological polar surface area (TPSA) is 98.8 Å². The fourth-order valence-corrected chi connectivity index (χ4v) is 6.87. The SMILES string of the molecule is Cc1ccc(C(CNC(=O)C(=O)Nc2ccc3c(c2)N(S(=O)(=O)c2cccs2)CCC3)N(C)C)cc1. The molecule has 1 aromatic heterocycles. The van der Waals surface area contributed by atoms with Crippen molar-refractivity contribution in [2.45, 2.75) is 30.0 Å². The first-order valence-electron chi connectivity index (χ1n) is 11.7. The van der Waals surface area contributed by atoms with Crippen molar-refractivity contribution < 1.29 is 18.0 Å². The fourth-order valence-electron chi connectivity index (χ4n) is 4.23. The van der Waals surface area contributed by atoms with Gasteiger partial charge in [-0.15, -0.1) is 11.3 Å². The van der Waals surface area contributed by atoms with E-state index >= 15 is 0 Å². The number of rotatable bonds is 7. The van der Waals surface area contributed by atoms with Gasteiger partial charge in [0.25, 0.3) is 10.0 Å². The molecule has 0 bridgehead atoms. The molecule has 0 saturated heterocycles. The van der Waals surface area contributed by atoms with E-state index in [4.69, 9.17) is 0 Å². The van der Waals surface area contributed by atoms with Crippen molar-refractivity contribution >= 4 is 44.5 Å². The number of nitrogens with zero attached hydrogens (tertiary/aromatic N) is 2. The molecule has 3 aromatic rings. The van der Waals surface area contributed by atoms with Crippen LogP contribution in [-0.2, 0) is 26.0 Å². The normalized spacial score (nSPS) is 14.3. The molecule has 0 radical (unpaired) electrons. The van der Waals surface area contributed by atoms with Crippen molar-refractivity contribution in [1.29, 1.82) is 0 Å². The summed E-state index contributed by atoms with van der Waals surface area (Å²) in [6, 6.07) is 16.4. The number of hydrogen-bond acceptors (Lipinski definition) is 6. The quantitative estimate of drug-likeness (QED) is 0.459. The molecule has 1 atom stereocenters. The second-order valence-corrected chi connectivity index (χ2v) is 12.0. The van der Waals surface area contributed by atoms with E-state index in [1.807, 2.05) is 50.2 Å².